The van der Waals surface area contributed by atoms with Crippen LogP contribution in [0.15, 0.2) is 49.1 Å². The highest BCUT2D eigenvalue weighted by molar-refractivity contribution is 5.44. The normalized spacial score (nSPS) is 15.9. The third kappa shape index (κ3) is 4.28. The molecule has 0 amide bonds. The van der Waals surface area contributed by atoms with Gasteiger partial charge in [0.15, 0.2) is 0 Å². The van der Waals surface area contributed by atoms with Gasteiger partial charge in [0.2, 0.25) is 0 Å². The van der Waals surface area contributed by atoms with Crippen molar-refractivity contribution in [2.45, 2.75) is 25.8 Å². The zero-order chi connectivity index (χ0) is 15.0. The van der Waals surface area contributed by atoms with Crippen molar-refractivity contribution in [2.24, 2.45) is 5.92 Å². The Bertz CT molecular complexity index is 536. The molecule has 0 aliphatic carbocycles. The summed E-state index contributed by atoms with van der Waals surface area (Å²) in [5, 5.41) is 3.54. The third-order valence-electron chi connectivity index (χ3n) is 4.45. The monoisotopic (exact) mass is 296 g/mol. The van der Waals surface area contributed by atoms with Gasteiger partial charge >= 0.3 is 0 Å². The third-order valence-corrected chi connectivity index (χ3v) is 4.45. The van der Waals surface area contributed by atoms with Gasteiger partial charge in [-0.1, -0.05) is 0 Å². The summed E-state index contributed by atoms with van der Waals surface area (Å²) >= 11 is 0. The minimum absolute atomic E-state index is 0.850. The minimum Gasteiger partial charge on any atom is -0.371 e. The number of hydrogen-bond donors (Lipinski definition) is 1. The Morgan fingerprint density at radius 1 is 0.955 bits per heavy atom. The molecule has 0 bridgehead atoms. The number of piperidine rings is 1. The molecular weight excluding hydrogens is 272 g/mol. The first-order valence-corrected chi connectivity index (χ1v) is 8.16. The number of anilines is 1. The molecule has 0 spiro atoms. The van der Waals surface area contributed by atoms with Gasteiger partial charge in [-0.15, -0.1) is 0 Å². The molecule has 4 nitrogen and oxygen atoms in total. The predicted molar refractivity (Wildman–Crippen MR) is 89.7 cm³/mol. The molecule has 4 heteroatoms. The van der Waals surface area contributed by atoms with Crippen LogP contribution in [0.5, 0.6) is 0 Å². The highest BCUT2D eigenvalue weighted by Crippen LogP contribution is 2.24. The van der Waals surface area contributed by atoms with Crippen LogP contribution >= 0.6 is 0 Å². The van der Waals surface area contributed by atoms with E-state index in [1.165, 1.54) is 43.6 Å². The highest BCUT2D eigenvalue weighted by Gasteiger charge is 2.18. The fraction of sp³-hybridized carbons (Fsp3) is 0.444. The maximum Gasteiger partial charge on any atom is 0.0397 e. The molecule has 22 heavy (non-hydrogen) atoms. The lowest BCUT2D eigenvalue weighted by Gasteiger charge is -2.33. The second kappa shape index (κ2) is 7.90. The van der Waals surface area contributed by atoms with Gasteiger partial charge < -0.3 is 10.2 Å². The van der Waals surface area contributed by atoms with Crippen molar-refractivity contribution in [1.29, 1.82) is 0 Å². The summed E-state index contributed by atoms with van der Waals surface area (Å²) in [5.74, 6) is 0.850. The molecule has 2 aromatic heterocycles. The van der Waals surface area contributed by atoms with Crippen LogP contribution in [0.2, 0.25) is 0 Å². The van der Waals surface area contributed by atoms with Gasteiger partial charge in [-0.05, 0) is 61.6 Å². The molecule has 0 unspecified atom stereocenters. The van der Waals surface area contributed by atoms with Crippen LogP contribution < -0.4 is 10.2 Å². The van der Waals surface area contributed by atoms with E-state index in [4.69, 9.17) is 0 Å². The first-order chi connectivity index (χ1) is 10.9. The van der Waals surface area contributed by atoms with E-state index in [9.17, 15) is 0 Å². The molecule has 1 aliphatic heterocycles. The lowest BCUT2D eigenvalue weighted by Crippen LogP contribution is -2.34. The van der Waals surface area contributed by atoms with Crippen LogP contribution in [0, 0.1) is 5.92 Å². The van der Waals surface area contributed by atoms with E-state index in [2.05, 4.69) is 44.5 Å². The van der Waals surface area contributed by atoms with Gasteiger partial charge in [0, 0.05) is 50.1 Å². The Morgan fingerprint density at radius 2 is 1.59 bits per heavy atom. The molecular formula is C18H24N4. The Labute approximate surface area is 132 Å². The van der Waals surface area contributed by atoms with E-state index >= 15 is 0 Å². The van der Waals surface area contributed by atoms with E-state index in [1.807, 2.05) is 24.8 Å². The van der Waals surface area contributed by atoms with Gasteiger partial charge in [0.05, 0.1) is 0 Å². The Morgan fingerprint density at radius 3 is 2.27 bits per heavy atom. The zero-order valence-electron chi connectivity index (χ0n) is 13.0. The average molecular weight is 296 g/mol. The molecule has 3 heterocycles. The van der Waals surface area contributed by atoms with Crippen LogP contribution in [0.25, 0.3) is 0 Å². The number of rotatable bonds is 6. The van der Waals surface area contributed by atoms with Crippen molar-refractivity contribution in [3.05, 3.63) is 54.6 Å². The molecule has 2 aromatic rings. The predicted octanol–water partition coefficient (Wildman–Crippen LogP) is 2.87. The van der Waals surface area contributed by atoms with Crippen LogP contribution in [-0.2, 0) is 6.54 Å². The van der Waals surface area contributed by atoms with Gasteiger partial charge in [0.1, 0.15) is 0 Å². The zero-order valence-corrected chi connectivity index (χ0v) is 13.0. The van der Waals surface area contributed by atoms with Crippen molar-refractivity contribution in [3.63, 3.8) is 0 Å². The van der Waals surface area contributed by atoms with Crippen molar-refractivity contribution in [1.82, 2.24) is 15.3 Å². The van der Waals surface area contributed by atoms with Crippen LogP contribution in [0.4, 0.5) is 5.69 Å². The molecule has 1 aliphatic rings. The second-order valence-corrected chi connectivity index (χ2v) is 5.96. The number of aromatic nitrogens is 2. The molecule has 116 valence electrons. The number of nitrogens with one attached hydrogen (secondary N) is 1. The van der Waals surface area contributed by atoms with Crippen LogP contribution in [-0.4, -0.2) is 29.6 Å². The first kappa shape index (κ1) is 15.0. The molecule has 1 N–H and O–H groups in total. The average Bonchev–Trinajstić information content (AvgIpc) is 2.61. The molecule has 3 rings (SSSR count). The van der Waals surface area contributed by atoms with Crippen LogP contribution in [0.1, 0.15) is 24.8 Å². The first-order valence-electron chi connectivity index (χ1n) is 8.16. The van der Waals surface area contributed by atoms with Gasteiger partial charge in [0.25, 0.3) is 0 Å². The molecule has 0 atom stereocenters. The van der Waals surface area contributed by atoms with Crippen LogP contribution in [0.3, 0.4) is 0 Å². The largest absolute Gasteiger partial charge is 0.371 e. The van der Waals surface area contributed by atoms with Crippen molar-refractivity contribution < 1.29 is 0 Å². The molecule has 1 fully saturated rings. The van der Waals surface area contributed by atoms with E-state index in [1.54, 1.807) is 0 Å². The smallest absolute Gasteiger partial charge is 0.0397 e. The number of nitrogens with zero attached hydrogens (tertiary/aromatic N) is 3. The van der Waals surface area contributed by atoms with Gasteiger partial charge in [-0.25, -0.2) is 0 Å². The maximum absolute atomic E-state index is 4.09. The Hall–Kier alpha value is -1.94. The van der Waals surface area contributed by atoms with Crippen molar-refractivity contribution in [3.8, 4) is 0 Å². The van der Waals surface area contributed by atoms with Crippen molar-refractivity contribution >= 4 is 5.69 Å². The lowest BCUT2D eigenvalue weighted by molar-refractivity contribution is 0.373. The fourth-order valence-corrected chi connectivity index (χ4v) is 3.07. The number of hydrogen-bond acceptors (Lipinski definition) is 4. The Balaban J connectivity index is 1.34. The Kier molecular flexibility index (Phi) is 5.37. The van der Waals surface area contributed by atoms with Gasteiger partial charge in [-0.2, -0.15) is 0 Å². The molecule has 1 saturated heterocycles. The standard InChI is InChI=1S/C18H24N4/c1(10-21-15-17-2-8-19-9-3-17)16-6-13-22(14-7-16)18-4-11-20-12-5-18/h2-5,8-9,11-12,16,21H,1,6-7,10,13-15H2. The molecule has 0 aromatic carbocycles. The summed E-state index contributed by atoms with van der Waals surface area (Å²) < 4.78 is 0. The summed E-state index contributed by atoms with van der Waals surface area (Å²) in [7, 11) is 0. The summed E-state index contributed by atoms with van der Waals surface area (Å²) in [6.07, 6.45) is 11.3. The topological polar surface area (TPSA) is 41.0 Å². The molecule has 0 radical (unpaired) electrons. The van der Waals surface area contributed by atoms with E-state index in [0.29, 0.717) is 0 Å². The maximum atomic E-state index is 4.09. The van der Waals surface area contributed by atoms with Crippen molar-refractivity contribution in [2.75, 3.05) is 24.5 Å². The number of pyridine rings is 2. The van der Waals surface area contributed by atoms with E-state index in [-0.39, 0.29) is 0 Å². The molecule has 0 saturated carbocycles. The van der Waals surface area contributed by atoms with E-state index < -0.39 is 0 Å². The van der Waals surface area contributed by atoms with E-state index in [0.717, 1.165) is 19.0 Å². The second-order valence-electron chi connectivity index (χ2n) is 5.96. The highest BCUT2D eigenvalue weighted by atomic mass is 15.1. The SMILES string of the molecule is c1cc(CNCCC2CCN(c3ccncc3)CC2)ccn1. The summed E-state index contributed by atoms with van der Waals surface area (Å²) in [6, 6.07) is 8.35. The lowest BCUT2D eigenvalue weighted by atomic mass is 9.93. The summed E-state index contributed by atoms with van der Waals surface area (Å²) in [5.41, 5.74) is 2.62. The quantitative estimate of drug-likeness (QED) is 0.832. The minimum atomic E-state index is 0.850. The fourth-order valence-electron chi connectivity index (χ4n) is 3.07. The summed E-state index contributed by atoms with van der Waals surface area (Å²) in [4.78, 5) is 10.6. The van der Waals surface area contributed by atoms with Gasteiger partial charge in [-0.3, -0.25) is 9.97 Å². The summed E-state index contributed by atoms with van der Waals surface area (Å²) in [6.45, 7) is 4.37.